The number of anilines is 2. The molecule has 0 amide bonds. The molecule has 2 saturated heterocycles. The van der Waals surface area contributed by atoms with Gasteiger partial charge in [0.1, 0.15) is 23.7 Å². The number of hydrogen-bond donors (Lipinski definition) is 1. The van der Waals surface area contributed by atoms with Crippen LogP contribution in [0.1, 0.15) is 44.4 Å². The lowest BCUT2D eigenvalue weighted by molar-refractivity contribution is 0.100. The highest BCUT2D eigenvalue weighted by molar-refractivity contribution is 5.54. The number of aliphatic hydroxyl groups excluding tert-OH is 1. The van der Waals surface area contributed by atoms with Gasteiger partial charge in [-0.05, 0) is 74.4 Å². The van der Waals surface area contributed by atoms with E-state index in [-0.39, 0.29) is 23.8 Å². The summed E-state index contributed by atoms with van der Waals surface area (Å²) in [5, 5.41) is 14.3. The van der Waals surface area contributed by atoms with Crippen LogP contribution in [0.15, 0.2) is 77.9 Å². The maximum absolute atomic E-state index is 14.1. The largest absolute Gasteiger partial charge is 0.493 e. The third-order valence-electron chi connectivity index (χ3n) is 8.83. The molecular weight excluding hydrogens is 580 g/mol. The van der Waals surface area contributed by atoms with Crippen LogP contribution in [-0.2, 0) is 4.74 Å². The van der Waals surface area contributed by atoms with Gasteiger partial charge in [0.25, 0.3) is 0 Å². The molecular formula is C34H39F2N5O4. The molecule has 3 heterocycles. The summed E-state index contributed by atoms with van der Waals surface area (Å²) in [4.78, 5) is 17.6. The summed E-state index contributed by atoms with van der Waals surface area (Å²) in [6.45, 7) is 7.99. The molecule has 45 heavy (non-hydrogen) atoms. The molecule has 0 radical (unpaired) electrons. The van der Waals surface area contributed by atoms with Crippen LogP contribution in [0.3, 0.4) is 0 Å². The minimum atomic E-state index is -0.668. The minimum absolute atomic E-state index is 0.128. The van der Waals surface area contributed by atoms with Gasteiger partial charge < -0.3 is 24.4 Å². The average molecular weight is 620 g/mol. The van der Waals surface area contributed by atoms with E-state index in [1.807, 2.05) is 43.3 Å². The number of nitrogens with zero attached hydrogens (tertiary/aromatic N) is 5. The normalized spacial score (nSPS) is 19.9. The van der Waals surface area contributed by atoms with Crippen molar-refractivity contribution in [3.05, 3.63) is 101 Å². The van der Waals surface area contributed by atoms with Gasteiger partial charge in [-0.2, -0.15) is 5.10 Å². The predicted molar refractivity (Wildman–Crippen MR) is 168 cm³/mol. The summed E-state index contributed by atoms with van der Waals surface area (Å²) in [5.41, 5.74) is 3.09. The lowest BCUT2D eigenvalue weighted by Crippen LogP contribution is -2.46. The van der Waals surface area contributed by atoms with Gasteiger partial charge in [-0.15, -0.1) is 0 Å². The molecule has 0 spiro atoms. The molecule has 0 aliphatic carbocycles. The number of hydrogen-bond acceptors (Lipinski definition) is 7. The smallest absolute Gasteiger partial charge is 0.350 e. The zero-order valence-electron chi connectivity index (χ0n) is 25.6. The Morgan fingerprint density at radius 3 is 2.18 bits per heavy atom. The second kappa shape index (κ2) is 13.4. The molecule has 6 rings (SSSR count). The van der Waals surface area contributed by atoms with Crippen LogP contribution in [0, 0.1) is 17.6 Å². The Morgan fingerprint density at radius 1 is 0.956 bits per heavy atom. The fraction of sp³-hybridized carbons (Fsp3) is 0.412. The van der Waals surface area contributed by atoms with Crippen LogP contribution in [-0.4, -0.2) is 65.0 Å². The zero-order valence-corrected chi connectivity index (χ0v) is 25.6. The third kappa shape index (κ3) is 6.74. The van der Waals surface area contributed by atoms with Gasteiger partial charge in [0, 0.05) is 55.1 Å². The van der Waals surface area contributed by atoms with Crippen molar-refractivity contribution in [3.8, 4) is 11.4 Å². The van der Waals surface area contributed by atoms with Gasteiger partial charge in [0.2, 0.25) is 0 Å². The molecule has 4 aromatic rings. The highest BCUT2D eigenvalue weighted by Gasteiger charge is 2.29. The van der Waals surface area contributed by atoms with E-state index in [0.717, 1.165) is 55.1 Å². The second-order valence-corrected chi connectivity index (χ2v) is 11.8. The van der Waals surface area contributed by atoms with Crippen molar-refractivity contribution in [3.63, 3.8) is 0 Å². The van der Waals surface area contributed by atoms with E-state index in [9.17, 15) is 18.7 Å². The zero-order chi connectivity index (χ0) is 31.5. The van der Waals surface area contributed by atoms with Crippen LogP contribution < -0.4 is 20.2 Å². The van der Waals surface area contributed by atoms with Crippen molar-refractivity contribution in [2.45, 2.75) is 44.9 Å². The Morgan fingerprint density at radius 2 is 1.58 bits per heavy atom. The van der Waals surface area contributed by atoms with Gasteiger partial charge in [-0.3, -0.25) is 0 Å². The number of piperazine rings is 1. The van der Waals surface area contributed by atoms with E-state index in [2.05, 4.69) is 27.0 Å². The van der Waals surface area contributed by atoms with Crippen molar-refractivity contribution in [2.24, 2.45) is 5.92 Å². The van der Waals surface area contributed by atoms with Crippen LogP contribution in [0.5, 0.6) is 5.75 Å². The SMILES string of the molecule is CCC(C(C)O)n1ncn(-c2ccc(N3CCN(c4ccc(OC[C@@H]5CO[C@@H](c6ccc(F)cc6F)C5)cc4)CC3)cc2)c1=O. The molecule has 11 heteroatoms. The molecule has 9 nitrogen and oxygen atoms in total. The Kier molecular flexibility index (Phi) is 9.18. The van der Waals surface area contributed by atoms with Crippen molar-refractivity contribution >= 4 is 11.4 Å². The number of halogens is 2. The molecule has 2 fully saturated rings. The topological polar surface area (TPSA) is 85.0 Å². The Balaban J connectivity index is 0.985. The molecule has 1 N–H and O–H groups in total. The standard InChI is InChI=1S/C34H39F2N5O4/c1-3-32(23(2)42)41-34(43)40(22-37-41)28-7-5-26(6-8-28)38-14-16-39(17-15-38)27-9-11-29(12-10-27)44-20-24-18-33(45-21-24)30-13-4-25(35)19-31(30)36/h4-13,19,22-24,32-33,42H,3,14-18,20-21H2,1-2H3/t23?,24-,32?,33-/m1/s1. The van der Waals surface area contributed by atoms with Gasteiger partial charge in [-0.1, -0.05) is 13.0 Å². The van der Waals surface area contributed by atoms with E-state index < -0.39 is 17.7 Å². The van der Waals surface area contributed by atoms with Crippen LogP contribution in [0.4, 0.5) is 20.2 Å². The van der Waals surface area contributed by atoms with Gasteiger partial charge in [0.15, 0.2) is 0 Å². The Labute approximate surface area is 261 Å². The summed E-state index contributed by atoms with van der Waals surface area (Å²) in [6, 6.07) is 19.2. The van der Waals surface area contributed by atoms with E-state index >= 15 is 0 Å². The molecule has 3 aromatic carbocycles. The number of benzene rings is 3. The van der Waals surface area contributed by atoms with Gasteiger partial charge in [-0.25, -0.2) is 22.8 Å². The summed E-state index contributed by atoms with van der Waals surface area (Å²) < 4.78 is 42.0. The molecule has 2 unspecified atom stereocenters. The molecule has 0 bridgehead atoms. The van der Waals surface area contributed by atoms with Crippen molar-refractivity contribution < 1.29 is 23.4 Å². The molecule has 4 atom stereocenters. The van der Waals surface area contributed by atoms with Gasteiger partial charge >= 0.3 is 5.69 Å². The Hall–Kier alpha value is -4.22. The van der Waals surface area contributed by atoms with Crippen LogP contribution in [0.25, 0.3) is 5.69 Å². The summed E-state index contributed by atoms with van der Waals surface area (Å²) in [6.07, 6.45) is 1.69. The first-order valence-corrected chi connectivity index (χ1v) is 15.5. The van der Waals surface area contributed by atoms with E-state index in [1.165, 1.54) is 27.7 Å². The quantitative estimate of drug-likeness (QED) is 0.264. The Bertz CT molecular complexity index is 1630. The van der Waals surface area contributed by atoms with Crippen LogP contribution >= 0.6 is 0 Å². The molecule has 2 aliphatic rings. The van der Waals surface area contributed by atoms with E-state index in [0.29, 0.717) is 31.6 Å². The molecule has 2 aliphatic heterocycles. The fourth-order valence-corrected chi connectivity index (χ4v) is 6.24. The highest BCUT2D eigenvalue weighted by atomic mass is 19.1. The first-order valence-electron chi connectivity index (χ1n) is 15.5. The first kappa shape index (κ1) is 30.8. The summed E-state index contributed by atoms with van der Waals surface area (Å²) in [7, 11) is 0. The first-order chi connectivity index (χ1) is 21.8. The summed E-state index contributed by atoms with van der Waals surface area (Å²) in [5.74, 6) is -0.266. The number of ether oxygens (including phenoxy) is 2. The van der Waals surface area contributed by atoms with Crippen molar-refractivity contribution in [2.75, 3.05) is 49.2 Å². The molecule has 238 valence electrons. The molecule has 0 saturated carbocycles. The number of rotatable bonds is 10. The van der Waals surface area contributed by atoms with E-state index in [4.69, 9.17) is 9.47 Å². The lowest BCUT2D eigenvalue weighted by Gasteiger charge is -2.37. The third-order valence-corrected chi connectivity index (χ3v) is 8.83. The maximum atomic E-state index is 14.1. The second-order valence-electron chi connectivity index (χ2n) is 11.8. The van der Waals surface area contributed by atoms with Gasteiger partial charge in [0.05, 0.1) is 37.2 Å². The highest BCUT2D eigenvalue weighted by Crippen LogP contribution is 2.34. The van der Waals surface area contributed by atoms with Crippen molar-refractivity contribution in [1.29, 1.82) is 0 Å². The van der Waals surface area contributed by atoms with E-state index in [1.54, 1.807) is 6.92 Å². The lowest BCUT2D eigenvalue weighted by atomic mass is 10.0. The molecule has 1 aromatic heterocycles. The maximum Gasteiger partial charge on any atom is 0.350 e. The average Bonchev–Trinajstić information content (AvgIpc) is 3.67. The van der Waals surface area contributed by atoms with Crippen molar-refractivity contribution in [1.82, 2.24) is 14.3 Å². The minimum Gasteiger partial charge on any atom is -0.493 e. The summed E-state index contributed by atoms with van der Waals surface area (Å²) >= 11 is 0. The monoisotopic (exact) mass is 619 g/mol. The number of aliphatic hydroxyl groups is 1. The number of aromatic nitrogens is 3. The predicted octanol–water partition coefficient (Wildman–Crippen LogP) is 5.13. The fourth-order valence-electron chi connectivity index (χ4n) is 6.24. The van der Waals surface area contributed by atoms with Crippen LogP contribution in [0.2, 0.25) is 0 Å².